The van der Waals surface area contributed by atoms with Gasteiger partial charge in [0.25, 0.3) is 5.69 Å². The number of hydrogen-bond donors (Lipinski definition) is 0. The number of benzene rings is 3. The molecule has 0 aliphatic carbocycles. The Hall–Kier alpha value is -4.12. The Balaban J connectivity index is 0.000000171. The Morgan fingerprint density at radius 3 is 2.03 bits per heavy atom. The van der Waals surface area contributed by atoms with E-state index in [1.807, 2.05) is 85.1 Å². The first-order chi connectivity index (χ1) is 14.2. The highest BCUT2D eigenvalue weighted by molar-refractivity contribution is 5.86. The van der Waals surface area contributed by atoms with Crippen molar-refractivity contribution >= 4 is 27.5 Å². The maximum absolute atomic E-state index is 11.2. The third-order valence-corrected chi connectivity index (χ3v) is 4.46. The second-order valence-corrected chi connectivity index (χ2v) is 6.37. The van der Waals surface area contributed by atoms with Gasteiger partial charge in [0.05, 0.1) is 16.0 Å². The summed E-state index contributed by atoms with van der Waals surface area (Å²) in [4.78, 5) is 19.4. The van der Waals surface area contributed by atoms with E-state index in [0.29, 0.717) is 5.69 Å². The summed E-state index contributed by atoms with van der Waals surface area (Å²) in [6.07, 6.45) is 1.81. The quantitative estimate of drug-likeness (QED) is 0.277. The van der Waals surface area contributed by atoms with Crippen LogP contribution in [0.2, 0.25) is 0 Å². The van der Waals surface area contributed by atoms with Crippen molar-refractivity contribution in [3.05, 3.63) is 113 Å². The van der Waals surface area contributed by atoms with Gasteiger partial charge in [-0.2, -0.15) is 0 Å². The van der Waals surface area contributed by atoms with Gasteiger partial charge >= 0.3 is 0 Å². The van der Waals surface area contributed by atoms with E-state index in [-0.39, 0.29) is 10.6 Å². The zero-order valence-corrected chi connectivity index (χ0v) is 15.5. The first kappa shape index (κ1) is 18.3. The molecule has 5 aromatic rings. The summed E-state index contributed by atoms with van der Waals surface area (Å²) in [6, 6.07) is 30.3. The molecule has 0 amide bonds. The smallest absolute Gasteiger partial charge is 0.258 e. The van der Waals surface area contributed by atoms with Crippen LogP contribution in [0.1, 0.15) is 0 Å². The maximum Gasteiger partial charge on any atom is 0.296 e. The van der Waals surface area contributed by atoms with E-state index in [1.54, 1.807) is 6.07 Å². The van der Waals surface area contributed by atoms with Crippen LogP contribution in [-0.2, 0) is 0 Å². The number of fused-ring (bicyclic) bond motifs is 2. The van der Waals surface area contributed by atoms with Gasteiger partial charge in [-0.25, -0.2) is 4.98 Å². The van der Waals surface area contributed by atoms with Gasteiger partial charge in [-0.15, -0.1) is 0 Å². The van der Waals surface area contributed by atoms with E-state index >= 15 is 0 Å². The lowest BCUT2D eigenvalue weighted by Crippen LogP contribution is -1.95. The topological polar surface area (TPSA) is 68.9 Å². The van der Waals surface area contributed by atoms with Gasteiger partial charge in [-0.05, 0) is 18.2 Å². The highest BCUT2D eigenvalue weighted by Crippen LogP contribution is 2.30. The van der Waals surface area contributed by atoms with Crippen LogP contribution in [0.3, 0.4) is 0 Å². The Morgan fingerprint density at radius 1 is 0.690 bits per heavy atom. The molecule has 5 rings (SSSR count). The van der Waals surface area contributed by atoms with Crippen LogP contribution in [0.15, 0.2) is 103 Å². The van der Waals surface area contributed by atoms with Gasteiger partial charge in [0.15, 0.2) is 0 Å². The minimum absolute atomic E-state index is 0.0323. The summed E-state index contributed by atoms with van der Waals surface area (Å²) >= 11 is 0. The molecule has 3 aromatic carbocycles. The van der Waals surface area contributed by atoms with Crippen molar-refractivity contribution in [1.82, 2.24) is 9.97 Å². The lowest BCUT2D eigenvalue weighted by molar-refractivity contribution is -0.384. The van der Waals surface area contributed by atoms with E-state index in [2.05, 4.69) is 22.1 Å². The van der Waals surface area contributed by atoms with Gasteiger partial charge in [0.1, 0.15) is 5.69 Å². The number of nitro groups is 1. The Kier molecular flexibility index (Phi) is 5.21. The zero-order chi connectivity index (χ0) is 20.1. The molecule has 0 saturated carbocycles. The molecule has 0 atom stereocenters. The fourth-order valence-electron chi connectivity index (χ4n) is 3.07. The third-order valence-electron chi connectivity index (χ3n) is 4.46. The van der Waals surface area contributed by atoms with Crippen molar-refractivity contribution in [2.75, 3.05) is 0 Å². The first-order valence-electron chi connectivity index (χ1n) is 9.12. The normalized spacial score (nSPS) is 10.3. The van der Waals surface area contributed by atoms with Crippen molar-refractivity contribution in [3.8, 4) is 11.3 Å². The van der Waals surface area contributed by atoms with Crippen LogP contribution < -0.4 is 0 Å². The molecular weight excluding hydrogens is 362 g/mol. The van der Waals surface area contributed by atoms with E-state index in [1.165, 1.54) is 5.39 Å². The van der Waals surface area contributed by atoms with Gasteiger partial charge in [-0.1, -0.05) is 72.8 Å². The maximum atomic E-state index is 11.2. The molecule has 0 bridgehead atoms. The second kappa shape index (κ2) is 8.27. The summed E-state index contributed by atoms with van der Waals surface area (Å²) in [6.45, 7) is 0. The molecule has 29 heavy (non-hydrogen) atoms. The molecule has 140 valence electrons. The number of hydrogen-bond acceptors (Lipinski definition) is 4. The molecule has 0 saturated heterocycles. The van der Waals surface area contributed by atoms with E-state index in [0.717, 1.165) is 22.0 Å². The predicted octanol–water partition coefficient (Wildman–Crippen LogP) is 6.04. The summed E-state index contributed by atoms with van der Waals surface area (Å²) in [5, 5.41) is 13.2. The minimum atomic E-state index is -0.387. The van der Waals surface area contributed by atoms with Crippen molar-refractivity contribution in [2.45, 2.75) is 0 Å². The average Bonchev–Trinajstić information content (AvgIpc) is 2.79. The fraction of sp³-hybridized carbons (Fsp3) is 0. The summed E-state index contributed by atoms with van der Waals surface area (Å²) in [5.41, 5.74) is 3.01. The van der Waals surface area contributed by atoms with Crippen LogP contribution in [0.5, 0.6) is 0 Å². The van der Waals surface area contributed by atoms with Crippen molar-refractivity contribution in [2.24, 2.45) is 0 Å². The Morgan fingerprint density at radius 2 is 1.31 bits per heavy atom. The highest BCUT2D eigenvalue weighted by Gasteiger charge is 2.17. The largest absolute Gasteiger partial charge is 0.296 e. The molecule has 0 N–H and O–H groups in total. The Labute approximate surface area is 167 Å². The van der Waals surface area contributed by atoms with Crippen LogP contribution in [0.25, 0.3) is 33.1 Å². The van der Waals surface area contributed by atoms with E-state index < -0.39 is 0 Å². The number of rotatable bonds is 2. The lowest BCUT2D eigenvalue weighted by Gasteiger charge is -2.04. The van der Waals surface area contributed by atoms with Gasteiger partial charge < -0.3 is 0 Å². The molecule has 5 nitrogen and oxygen atoms in total. The monoisotopic (exact) mass is 379 g/mol. The molecule has 2 heterocycles. The van der Waals surface area contributed by atoms with Gasteiger partial charge in [-0.3, -0.25) is 15.1 Å². The standard InChI is InChI=1S/C15H10N2O2.C9H7N/c18-17(19)14-10-12-8-4-5-9-13(12)16-15(14)11-6-2-1-3-7-11;1-2-6-9-8(4-1)5-3-7-10-9/h1-10H;1-7H. The average molecular weight is 379 g/mol. The number of pyridine rings is 2. The molecule has 0 aliphatic rings. The second-order valence-electron chi connectivity index (χ2n) is 6.37. The fourth-order valence-corrected chi connectivity index (χ4v) is 3.07. The third kappa shape index (κ3) is 4.09. The molecule has 0 unspecified atom stereocenters. The number of para-hydroxylation sites is 2. The van der Waals surface area contributed by atoms with Gasteiger partial charge in [0.2, 0.25) is 0 Å². The van der Waals surface area contributed by atoms with E-state index in [4.69, 9.17) is 0 Å². The van der Waals surface area contributed by atoms with Gasteiger partial charge in [0, 0.05) is 28.6 Å². The summed E-state index contributed by atoms with van der Waals surface area (Å²) in [7, 11) is 0. The number of nitrogens with zero attached hydrogens (tertiary/aromatic N) is 3. The predicted molar refractivity (Wildman–Crippen MR) is 116 cm³/mol. The Bertz CT molecular complexity index is 1220. The van der Waals surface area contributed by atoms with Crippen molar-refractivity contribution < 1.29 is 4.92 Å². The molecule has 2 aromatic heterocycles. The molecule has 0 aliphatic heterocycles. The molecular formula is C24H17N3O2. The SMILES string of the molecule is O=[N+]([O-])c1cc2ccccc2nc1-c1ccccc1.c1ccc2ncccc2c1. The molecule has 5 heteroatoms. The van der Waals surface area contributed by atoms with Crippen molar-refractivity contribution in [1.29, 1.82) is 0 Å². The molecule has 0 spiro atoms. The van der Waals surface area contributed by atoms with Crippen molar-refractivity contribution in [3.63, 3.8) is 0 Å². The van der Waals surface area contributed by atoms with Crippen LogP contribution >= 0.6 is 0 Å². The lowest BCUT2D eigenvalue weighted by atomic mass is 10.1. The molecule has 0 radical (unpaired) electrons. The van der Waals surface area contributed by atoms with Crippen LogP contribution in [0.4, 0.5) is 5.69 Å². The first-order valence-corrected chi connectivity index (χ1v) is 9.12. The zero-order valence-electron chi connectivity index (χ0n) is 15.5. The van der Waals surface area contributed by atoms with E-state index in [9.17, 15) is 10.1 Å². The van der Waals surface area contributed by atoms with Crippen LogP contribution in [-0.4, -0.2) is 14.9 Å². The number of aromatic nitrogens is 2. The summed E-state index contributed by atoms with van der Waals surface area (Å²) < 4.78 is 0. The minimum Gasteiger partial charge on any atom is -0.258 e. The summed E-state index contributed by atoms with van der Waals surface area (Å²) in [5.74, 6) is 0. The molecule has 0 fully saturated rings. The highest BCUT2D eigenvalue weighted by atomic mass is 16.6. The van der Waals surface area contributed by atoms with Crippen LogP contribution in [0, 0.1) is 10.1 Å².